The smallest absolute Gasteiger partial charge is 0.333 e. The monoisotopic (exact) mass is 251 g/mol. The molecular formula is C9H18BrNO2. The van der Waals surface area contributed by atoms with Crippen LogP contribution in [0.15, 0.2) is 12.2 Å². The van der Waals surface area contributed by atoms with Gasteiger partial charge in [-0.1, -0.05) is 6.58 Å². The number of likely N-dealkylation sites (N-methyl/N-ethyl adjacent to an activating group) is 1. The first kappa shape index (κ1) is 15.1. The molecule has 0 atom stereocenters. The summed E-state index contributed by atoms with van der Waals surface area (Å²) >= 11 is 0. The second-order valence-electron chi connectivity index (χ2n) is 3.93. The van der Waals surface area contributed by atoms with Crippen molar-refractivity contribution in [3.8, 4) is 0 Å². The molecule has 0 aromatic rings. The molecule has 0 bridgehead atoms. The van der Waals surface area contributed by atoms with Gasteiger partial charge in [0, 0.05) is 5.57 Å². The molecule has 78 valence electrons. The molecule has 0 fully saturated rings. The maximum Gasteiger partial charge on any atom is 0.333 e. The molecule has 0 aromatic carbocycles. The van der Waals surface area contributed by atoms with Crippen LogP contribution in [-0.2, 0) is 9.53 Å². The lowest BCUT2D eigenvalue weighted by atomic mass is 10.4. The van der Waals surface area contributed by atoms with E-state index in [9.17, 15) is 4.79 Å². The molecule has 0 aliphatic rings. The van der Waals surface area contributed by atoms with Crippen molar-refractivity contribution in [2.45, 2.75) is 6.92 Å². The molecule has 3 nitrogen and oxygen atoms in total. The van der Waals surface area contributed by atoms with Gasteiger partial charge in [-0.25, -0.2) is 4.79 Å². The van der Waals surface area contributed by atoms with E-state index in [1.54, 1.807) is 6.92 Å². The van der Waals surface area contributed by atoms with Gasteiger partial charge in [-0.3, -0.25) is 0 Å². The number of quaternary nitrogens is 1. The largest absolute Gasteiger partial charge is 1.00 e. The summed E-state index contributed by atoms with van der Waals surface area (Å²) in [5.74, 6) is -0.302. The van der Waals surface area contributed by atoms with Crippen molar-refractivity contribution in [3.05, 3.63) is 12.2 Å². The number of ether oxygens (including phenoxy) is 1. The Hall–Kier alpha value is -0.350. The summed E-state index contributed by atoms with van der Waals surface area (Å²) in [6.07, 6.45) is 0. The molecule has 0 radical (unpaired) electrons. The van der Waals surface area contributed by atoms with Crippen LogP contribution in [0.1, 0.15) is 6.92 Å². The van der Waals surface area contributed by atoms with Gasteiger partial charge < -0.3 is 26.2 Å². The van der Waals surface area contributed by atoms with Crippen LogP contribution in [0.2, 0.25) is 0 Å². The van der Waals surface area contributed by atoms with Gasteiger partial charge in [0.2, 0.25) is 0 Å². The molecule has 0 saturated carbocycles. The standard InChI is InChI=1S/C9H18NO2.BrH/c1-8(2)9(11)12-7-6-10(3,4)5;/h1,6-7H2,2-5H3;1H/q+1;/p-1. The average Bonchev–Trinajstić information content (AvgIpc) is 1.84. The Kier molecular flexibility index (Phi) is 7.17. The highest BCUT2D eigenvalue weighted by Gasteiger charge is 2.09. The summed E-state index contributed by atoms with van der Waals surface area (Å²) in [4.78, 5) is 10.9. The van der Waals surface area contributed by atoms with Crippen LogP contribution in [0.3, 0.4) is 0 Å². The molecule has 4 heteroatoms. The quantitative estimate of drug-likeness (QED) is 0.323. The number of nitrogens with zero attached hydrogens (tertiary/aromatic N) is 1. The fourth-order valence-electron chi connectivity index (χ4n) is 0.535. The maximum absolute atomic E-state index is 10.9. The van der Waals surface area contributed by atoms with Crippen LogP contribution in [-0.4, -0.2) is 44.7 Å². The lowest BCUT2D eigenvalue weighted by molar-refractivity contribution is -0.870. The Morgan fingerprint density at radius 2 is 1.85 bits per heavy atom. The first-order valence-corrected chi connectivity index (χ1v) is 3.96. The Labute approximate surface area is 90.7 Å². The van der Waals surface area contributed by atoms with E-state index in [4.69, 9.17) is 4.74 Å². The first-order chi connectivity index (χ1) is 5.33. The van der Waals surface area contributed by atoms with Gasteiger partial charge >= 0.3 is 5.97 Å². The van der Waals surface area contributed by atoms with Gasteiger partial charge in [-0.05, 0) is 6.92 Å². The molecule has 0 unspecified atom stereocenters. The fourth-order valence-corrected chi connectivity index (χ4v) is 0.535. The van der Waals surface area contributed by atoms with E-state index < -0.39 is 0 Å². The Morgan fingerprint density at radius 1 is 1.38 bits per heavy atom. The molecular weight excluding hydrogens is 234 g/mol. The molecule has 13 heavy (non-hydrogen) atoms. The number of carbonyl (C=O) groups excluding carboxylic acids is 1. The van der Waals surface area contributed by atoms with Crippen molar-refractivity contribution < 1.29 is 31.0 Å². The normalized spacial score (nSPS) is 10.2. The van der Waals surface area contributed by atoms with Crippen LogP contribution in [0.25, 0.3) is 0 Å². The zero-order valence-corrected chi connectivity index (χ0v) is 10.3. The zero-order valence-electron chi connectivity index (χ0n) is 8.76. The van der Waals surface area contributed by atoms with Gasteiger partial charge in [0.25, 0.3) is 0 Å². The van der Waals surface area contributed by atoms with Gasteiger partial charge in [0.05, 0.1) is 21.1 Å². The van der Waals surface area contributed by atoms with Crippen LogP contribution >= 0.6 is 0 Å². The Balaban J connectivity index is 0. The second-order valence-corrected chi connectivity index (χ2v) is 3.93. The van der Waals surface area contributed by atoms with Crippen molar-refractivity contribution in [1.29, 1.82) is 0 Å². The molecule has 0 aliphatic heterocycles. The Morgan fingerprint density at radius 3 is 2.15 bits per heavy atom. The predicted molar refractivity (Wildman–Crippen MR) is 48.7 cm³/mol. The van der Waals surface area contributed by atoms with Crippen molar-refractivity contribution in [2.24, 2.45) is 0 Å². The van der Waals surface area contributed by atoms with E-state index in [1.165, 1.54) is 0 Å². The molecule has 0 amide bonds. The van der Waals surface area contributed by atoms with Crippen molar-refractivity contribution in [3.63, 3.8) is 0 Å². The highest BCUT2D eigenvalue weighted by Crippen LogP contribution is 1.94. The predicted octanol–water partition coefficient (Wildman–Crippen LogP) is -2.18. The summed E-state index contributed by atoms with van der Waals surface area (Å²) in [6.45, 7) is 6.41. The van der Waals surface area contributed by atoms with Crippen LogP contribution in [0.5, 0.6) is 0 Å². The molecule has 0 spiro atoms. The molecule has 0 heterocycles. The minimum atomic E-state index is -0.302. The van der Waals surface area contributed by atoms with Gasteiger partial charge in [-0.2, -0.15) is 0 Å². The third-order valence-corrected chi connectivity index (χ3v) is 1.34. The number of esters is 1. The Bertz CT molecular complexity index is 185. The second kappa shape index (κ2) is 6.16. The summed E-state index contributed by atoms with van der Waals surface area (Å²) in [6, 6.07) is 0. The summed E-state index contributed by atoms with van der Waals surface area (Å²) in [5, 5.41) is 0. The van der Waals surface area contributed by atoms with Gasteiger partial charge in [-0.15, -0.1) is 0 Å². The molecule has 0 rings (SSSR count). The minimum absolute atomic E-state index is 0. The number of carbonyl (C=O) groups is 1. The van der Waals surface area contributed by atoms with Crippen molar-refractivity contribution >= 4 is 5.97 Å². The minimum Gasteiger partial charge on any atom is -1.00 e. The van der Waals surface area contributed by atoms with Gasteiger partial charge in [0.15, 0.2) is 0 Å². The number of hydrogen-bond donors (Lipinski definition) is 0. The maximum atomic E-state index is 10.9. The first-order valence-electron chi connectivity index (χ1n) is 3.96. The van der Waals surface area contributed by atoms with Crippen LogP contribution in [0.4, 0.5) is 0 Å². The molecule has 0 saturated heterocycles. The summed E-state index contributed by atoms with van der Waals surface area (Å²) in [7, 11) is 6.15. The third kappa shape index (κ3) is 9.56. The van der Waals surface area contributed by atoms with E-state index in [2.05, 4.69) is 27.7 Å². The number of rotatable bonds is 4. The van der Waals surface area contributed by atoms with Crippen molar-refractivity contribution in [2.75, 3.05) is 34.3 Å². The van der Waals surface area contributed by atoms with E-state index in [-0.39, 0.29) is 23.0 Å². The summed E-state index contributed by atoms with van der Waals surface area (Å²) in [5.41, 5.74) is 0.455. The van der Waals surface area contributed by atoms with E-state index in [0.717, 1.165) is 11.0 Å². The number of halogens is 1. The lowest BCUT2D eigenvalue weighted by Crippen LogP contribution is -3.00. The van der Waals surface area contributed by atoms with E-state index >= 15 is 0 Å². The molecule has 0 N–H and O–H groups in total. The average molecular weight is 252 g/mol. The SMILES string of the molecule is C=C(C)C(=O)OCC[N+](C)(C)C.[Br-]. The van der Waals surface area contributed by atoms with E-state index in [1.807, 2.05) is 0 Å². The van der Waals surface area contributed by atoms with Crippen LogP contribution < -0.4 is 17.0 Å². The lowest BCUT2D eigenvalue weighted by Gasteiger charge is -2.23. The highest BCUT2D eigenvalue weighted by molar-refractivity contribution is 5.86. The van der Waals surface area contributed by atoms with Crippen LogP contribution in [0, 0.1) is 0 Å². The third-order valence-electron chi connectivity index (χ3n) is 1.34. The molecule has 0 aromatic heterocycles. The van der Waals surface area contributed by atoms with E-state index in [0.29, 0.717) is 12.2 Å². The fraction of sp³-hybridized carbons (Fsp3) is 0.667. The topological polar surface area (TPSA) is 26.3 Å². The summed E-state index contributed by atoms with van der Waals surface area (Å²) < 4.78 is 5.72. The number of hydrogen-bond acceptors (Lipinski definition) is 2. The van der Waals surface area contributed by atoms with Crippen molar-refractivity contribution in [1.82, 2.24) is 0 Å². The zero-order chi connectivity index (χ0) is 9.78. The molecule has 0 aliphatic carbocycles. The van der Waals surface area contributed by atoms with Gasteiger partial charge in [0.1, 0.15) is 13.2 Å². The highest BCUT2D eigenvalue weighted by atomic mass is 79.9.